The van der Waals surface area contributed by atoms with E-state index in [0.717, 1.165) is 16.5 Å². The number of hydrogen-bond donors (Lipinski definition) is 1. The quantitative estimate of drug-likeness (QED) is 0.565. The van der Waals surface area contributed by atoms with Crippen LogP contribution in [0.25, 0.3) is 0 Å². The van der Waals surface area contributed by atoms with Gasteiger partial charge in [0.1, 0.15) is 0 Å². The standard InChI is InChI=1S/C9H16N2O2S/c1-8-7-9(11(2)10-8)14-6-5-13-4-3-12/h7,12H,3-6H2,1-2H3. The van der Waals surface area contributed by atoms with Crippen molar-refractivity contribution in [2.45, 2.75) is 11.9 Å². The second-order valence-electron chi connectivity index (χ2n) is 2.93. The molecule has 0 aromatic carbocycles. The molecule has 0 fully saturated rings. The van der Waals surface area contributed by atoms with E-state index in [1.165, 1.54) is 0 Å². The van der Waals surface area contributed by atoms with Crippen molar-refractivity contribution in [1.82, 2.24) is 9.78 Å². The molecule has 0 spiro atoms. The van der Waals surface area contributed by atoms with Crippen LogP contribution in [-0.4, -0.2) is 40.5 Å². The van der Waals surface area contributed by atoms with Gasteiger partial charge in [-0.15, -0.1) is 11.8 Å². The maximum absolute atomic E-state index is 8.48. The highest BCUT2D eigenvalue weighted by molar-refractivity contribution is 7.99. The summed E-state index contributed by atoms with van der Waals surface area (Å²) in [5.41, 5.74) is 1.03. The number of rotatable bonds is 6. The van der Waals surface area contributed by atoms with Crippen molar-refractivity contribution in [2.24, 2.45) is 7.05 Å². The number of thioether (sulfide) groups is 1. The number of nitrogens with zero attached hydrogens (tertiary/aromatic N) is 2. The molecule has 1 N–H and O–H groups in total. The predicted octanol–water partition coefficient (Wildman–Crippen LogP) is 0.830. The van der Waals surface area contributed by atoms with Gasteiger partial charge in [0.05, 0.1) is 30.5 Å². The van der Waals surface area contributed by atoms with E-state index in [9.17, 15) is 0 Å². The first-order valence-electron chi connectivity index (χ1n) is 4.56. The molecule has 1 rings (SSSR count). The Labute approximate surface area is 88.3 Å². The van der Waals surface area contributed by atoms with Gasteiger partial charge >= 0.3 is 0 Å². The molecule has 0 aliphatic carbocycles. The molecule has 0 unspecified atom stereocenters. The van der Waals surface area contributed by atoms with Crippen LogP contribution in [0, 0.1) is 6.92 Å². The molecule has 0 radical (unpaired) electrons. The zero-order chi connectivity index (χ0) is 10.4. The molecule has 80 valence electrons. The van der Waals surface area contributed by atoms with Crippen LogP contribution in [0.4, 0.5) is 0 Å². The molecule has 0 aliphatic rings. The molecule has 5 heteroatoms. The van der Waals surface area contributed by atoms with Crippen LogP contribution in [0.15, 0.2) is 11.1 Å². The molecule has 0 saturated carbocycles. The van der Waals surface area contributed by atoms with Gasteiger partial charge in [0.25, 0.3) is 0 Å². The van der Waals surface area contributed by atoms with E-state index in [4.69, 9.17) is 9.84 Å². The lowest BCUT2D eigenvalue weighted by atomic mass is 10.5. The second-order valence-corrected chi connectivity index (χ2v) is 4.05. The fourth-order valence-corrected chi connectivity index (χ4v) is 1.99. The van der Waals surface area contributed by atoms with E-state index < -0.39 is 0 Å². The van der Waals surface area contributed by atoms with Gasteiger partial charge in [-0.2, -0.15) is 5.10 Å². The van der Waals surface area contributed by atoms with Gasteiger partial charge in [0, 0.05) is 12.8 Å². The van der Waals surface area contributed by atoms with E-state index in [1.54, 1.807) is 11.8 Å². The molecule has 1 aromatic heterocycles. The van der Waals surface area contributed by atoms with Crippen LogP contribution < -0.4 is 0 Å². The monoisotopic (exact) mass is 216 g/mol. The highest BCUT2D eigenvalue weighted by Gasteiger charge is 2.01. The first-order chi connectivity index (χ1) is 6.74. The van der Waals surface area contributed by atoms with Crippen LogP contribution in [-0.2, 0) is 11.8 Å². The predicted molar refractivity (Wildman–Crippen MR) is 56.6 cm³/mol. The zero-order valence-electron chi connectivity index (χ0n) is 8.56. The van der Waals surface area contributed by atoms with Gasteiger partial charge in [0.15, 0.2) is 0 Å². The molecule has 0 bridgehead atoms. The first kappa shape index (κ1) is 11.6. The Balaban J connectivity index is 2.21. The zero-order valence-corrected chi connectivity index (χ0v) is 9.38. The largest absolute Gasteiger partial charge is 0.394 e. The van der Waals surface area contributed by atoms with Crippen LogP contribution in [0.2, 0.25) is 0 Å². The summed E-state index contributed by atoms with van der Waals surface area (Å²) in [5, 5.41) is 13.9. The summed E-state index contributed by atoms with van der Waals surface area (Å²) in [6.07, 6.45) is 0. The van der Waals surface area contributed by atoms with Gasteiger partial charge in [-0.05, 0) is 13.0 Å². The molecule has 1 aromatic rings. The third-order valence-corrected chi connectivity index (χ3v) is 2.72. The molecule has 0 atom stereocenters. The number of hydrogen-bond acceptors (Lipinski definition) is 4. The number of aryl methyl sites for hydroxylation is 2. The molecule has 0 amide bonds. The highest BCUT2D eigenvalue weighted by atomic mass is 32.2. The third-order valence-electron chi connectivity index (χ3n) is 1.67. The van der Waals surface area contributed by atoms with Crippen LogP contribution >= 0.6 is 11.8 Å². The Kier molecular flexibility index (Phi) is 5.00. The van der Waals surface area contributed by atoms with Crippen molar-refractivity contribution >= 4 is 11.8 Å². The lowest BCUT2D eigenvalue weighted by Crippen LogP contribution is -2.03. The maximum atomic E-state index is 8.48. The smallest absolute Gasteiger partial charge is 0.0940 e. The third kappa shape index (κ3) is 3.69. The minimum atomic E-state index is 0.0927. The van der Waals surface area contributed by atoms with Crippen LogP contribution in [0.3, 0.4) is 0 Å². The van der Waals surface area contributed by atoms with Crippen LogP contribution in [0.5, 0.6) is 0 Å². The molecule has 0 aliphatic heterocycles. The number of aliphatic hydroxyl groups is 1. The summed E-state index contributed by atoms with van der Waals surface area (Å²) < 4.78 is 7.02. The van der Waals surface area contributed by atoms with Crippen molar-refractivity contribution in [2.75, 3.05) is 25.6 Å². The van der Waals surface area contributed by atoms with Crippen molar-refractivity contribution in [3.8, 4) is 0 Å². The van der Waals surface area contributed by atoms with E-state index in [-0.39, 0.29) is 6.61 Å². The Morgan fingerprint density at radius 2 is 2.36 bits per heavy atom. The Morgan fingerprint density at radius 3 is 2.93 bits per heavy atom. The van der Waals surface area contributed by atoms with E-state index in [0.29, 0.717) is 13.2 Å². The number of aliphatic hydroxyl groups excluding tert-OH is 1. The lowest BCUT2D eigenvalue weighted by molar-refractivity contribution is 0.103. The summed E-state index contributed by atoms with van der Waals surface area (Å²) in [6, 6.07) is 2.05. The molecular formula is C9H16N2O2S. The molecule has 4 nitrogen and oxygen atoms in total. The topological polar surface area (TPSA) is 47.3 Å². The number of ether oxygens (including phenoxy) is 1. The van der Waals surface area contributed by atoms with Gasteiger partial charge in [0.2, 0.25) is 0 Å². The van der Waals surface area contributed by atoms with Crippen molar-refractivity contribution in [3.05, 3.63) is 11.8 Å². The Bertz CT molecular complexity index is 276. The summed E-state index contributed by atoms with van der Waals surface area (Å²) in [6.45, 7) is 3.15. The minimum Gasteiger partial charge on any atom is -0.394 e. The van der Waals surface area contributed by atoms with Gasteiger partial charge < -0.3 is 9.84 Å². The van der Waals surface area contributed by atoms with Crippen molar-refractivity contribution < 1.29 is 9.84 Å². The fourth-order valence-electron chi connectivity index (χ4n) is 1.09. The molecule has 0 saturated heterocycles. The van der Waals surface area contributed by atoms with Crippen molar-refractivity contribution in [1.29, 1.82) is 0 Å². The summed E-state index contributed by atoms with van der Waals surface area (Å²) in [4.78, 5) is 0. The van der Waals surface area contributed by atoms with E-state index in [1.807, 2.05) is 18.7 Å². The van der Waals surface area contributed by atoms with Gasteiger partial charge in [-0.1, -0.05) is 0 Å². The summed E-state index contributed by atoms with van der Waals surface area (Å²) in [5.74, 6) is 0.888. The van der Waals surface area contributed by atoms with Gasteiger partial charge in [-0.25, -0.2) is 0 Å². The maximum Gasteiger partial charge on any atom is 0.0940 e. The lowest BCUT2D eigenvalue weighted by Gasteiger charge is -2.02. The average molecular weight is 216 g/mol. The Hall–Kier alpha value is -0.520. The minimum absolute atomic E-state index is 0.0927. The molecule has 14 heavy (non-hydrogen) atoms. The van der Waals surface area contributed by atoms with E-state index in [2.05, 4.69) is 11.2 Å². The molecule has 1 heterocycles. The van der Waals surface area contributed by atoms with Crippen LogP contribution in [0.1, 0.15) is 5.69 Å². The SMILES string of the molecule is Cc1cc(SCCOCCO)n(C)n1. The average Bonchev–Trinajstić information content (AvgIpc) is 2.45. The summed E-state index contributed by atoms with van der Waals surface area (Å²) >= 11 is 1.71. The highest BCUT2D eigenvalue weighted by Crippen LogP contribution is 2.17. The fraction of sp³-hybridized carbons (Fsp3) is 0.667. The molecular weight excluding hydrogens is 200 g/mol. The summed E-state index contributed by atoms with van der Waals surface area (Å²) in [7, 11) is 1.93. The van der Waals surface area contributed by atoms with E-state index >= 15 is 0 Å². The second kappa shape index (κ2) is 6.06. The normalized spacial score (nSPS) is 10.8. The first-order valence-corrected chi connectivity index (χ1v) is 5.54. The number of aromatic nitrogens is 2. The van der Waals surface area contributed by atoms with Gasteiger partial charge in [-0.3, -0.25) is 4.68 Å². The van der Waals surface area contributed by atoms with Crippen molar-refractivity contribution in [3.63, 3.8) is 0 Å². The Morgan fingerprint density at radius 1 is 1.57 bits per heavy atom.